The van der Waals surface area contributed by atoms with Crippen LogP contribution in [0.5, 0.6) is 5.75 Å². The third kappa shape index (κ3) is 3.98. The molecule has 0 aliphatic carbocycles. The van der Waals surface area contributed by atoms with Crippen molar-refractivity contribution in [3.8, 4) is 5.75 Å². The summed E-state index contributed by atoms with van der Waals surface area (Å²) in [6, 6.07) is 6.13. The summed E-state index contributed by atoms with van der Waals surface area (Å²) >= 11 is 0. The van der Waals surface area contributed by atoms with Crippen LogP contribution in [0.1, 0.15) is 36.9 Å². The summed E-state index contributed by atoms with van der Waals surface area (Å²) < 4.78 is 28.8. The second kappa shape index (κ2) is 6.79. The van der Waals surface area contributed by atoms with Crippen LogP contribution in [0.3, 0.4) is 0 Å². The van der Waals surface area contributed by atoms with Gasteiger partial charge in [-0.3, -0.25) is 0 Å². The number of nitrogens with one attached hydrogen (secondary N) is 1. The molecule has 1 aliphatic heterocycles. The van der Waals surface area contributed by atoms with Gasteiger partial charge in [-0.05, 0) is 55.5 Å². The van der Waals surface area contributed by atoms with Gasteiger partial charge in [0.2, 0.25) is 0 Å². The largest absolute Gasteiger partial charge is 0.497 e. The maximum absolute atomic E-state index is 11.8. The van der Waals surface area contributed by atoms with Crippen LogP contribution in [0.2, 0.25) is 0 Å². The fourth-order valence-electron chi connectivity index (χ4n) is 3.04. The second-order valence-corrected chi connectivity index (χ2v) is 8.05. The predicted octanol–water partition coefficient (Wildman–Crippen LogP) is 2.48. The van der Waals surface area contributed by atoms with Gasteiger partial charge in [0.25, 0.3) is 0 Å². The molecule has 0 bridgehead atoms. The molecular formula is C16H25NO3S. The first kappa shape index (κ1) is 16.3. The van der Waals surface area contributed by atoms with Gasteiger partial charge in [-0.15, -0.1) is 0 Å². The Bertz CT molecular complexity index is 583. The molecule has 0 spiro atoms. The molecule has 0 amide bonds. The normalized spacial score (nSPS) is 22.1. The molecule has 1 N–H and O–H groups in total. The molecule has 1 fully saturated rings. The lowest BCUT2D eigenvalue weighted by molar-refractivity contribution is 0.389. The van der Waals surface area contributed by atoms with E-state index in [1.807, 2.05) is 12.1 Å². The van der Waals surface area contributed by atoms with Gasteiger partial charge in [0.15, 0.2) is 9.84 Å². The smallest absolute Gasteiger partial charge is 0.150 e. The molecule has 0 radical (unpaired) electrons. The number of hydrogen-bond donors (Lipinski definition) is 1. The highest BCUT2D eigenvalue weighted by Crippen LogP contribution is 2.34. The van der Waals surface area contributed by atoms with Gasteiger partial charge in [0.1, 0.15) is 5.75 Å². The van der Waals surface area contributed by atoms with Crippen molar-refractivity contribution in [2.24, 2.45) is 5.92 Å². The lowest BCUT2D eigenvalue weighted by atomic mass is 9.89. The number of rotatable bonds is 6. The second-order valence-electron chi connectivity index (χ2n) is 5.82. The van der Waals surface area contributed by atoms with E-state index >= 15 is 0 Å². The lowest BCUT2D eigenvalue weighted by Gasteiger charge is -2.26. The summed E-state index contributed by atoms with van der Waals surface area (Å²) in [5.74, 6) is 1.61. The van der Waals surface area contributed by atoms with Crippen molar-refractivity contribution in [3.05, 3.63) is 29.3 Å². The Balaban J connectivity index is 2.27. The first-order chi connectivity index (χ1) is 9.96. The summed E-state index contributed by atoms with van der Waals surface area (Å²) in [5.41, 5.74) is 2.33. The average molecular weight is 311 g/mol. The van der Waals surface area contributed by atoms with Crippen molar-refractivity contribution < 1.29 is 13.2 Å². The number of sulfone groups is 1. The standard InChI is InChI=1S/C16H25NO3S/c1-4-8-17-16(13-7-9-21(18,19)11-13)15-6-5-14(20-3)10-12(15)2/h5-6,10,13,16-17H,4,7-9,11H2,1-3H3. The lowest BCUT2D eigenvalue weighted by Crippen LogP contribution is -2.30. The Hall–Kier alpha value is -1.07. The molecule has 1 saturated heterocycles. The topological polar surface area (TPSA) is 55.4 Å². The van der Waals surface area contributed by atoms with Crippen molar-refractivity contribution in [1.29, 1.82) is 0 Å². The molecule has 2 atom stereocenters. The van der Waals surface area contributed by atoms with E-state index in [0.29, 0.717) is 11.5 Å². The van der Waals surface area contributed by atoms with E-state index in [1.165, 1.54) is 5.56 Å². The Morgan fingerprint density at radius 2 is 2.19 bits per heavy atom. The van der Waals surface area contributed by atoms with Gasteiger partial charge in [-0.2, -0.15) is 0 Å². The Morgan fingerprint density at radius 3 is 2.71 bits per heavy atom. The van der Waals surface area contributed by atoms with Crippen LogP contribution < -0.4 is 10.1 Å². The molecule has 2 rings (SSSR count). The van der Waals surface area contributed by atoms with Crippen molar-refractivity contribution in [2.45, 2.75) is 32.7 Å². The van der Waals surface area contributed by atoms with Crippen LogP contribution in [-0.2, 0) is 9.84 Å². The van der Waals surface area contributed by atoms with Gasteiger partial charge in [0.05, 0.1) is 18.6 Å². The first-order valence-electron chi connectivity index (χ1n) is 7.55. The molecule has 1 heterocycles. The Labute approximate surface area is 127 Å². The number of hydrogen-bond acceptors (Lipinski definition) is 4. The maximum Gasteiger partial charge on any atom is 0.150 e. The zero-order valence-electron chi connectivity index (χ0n) is 13.1. The minimum atomic E-state index is -2.86. The van der Waals surface area contributed by atoms with E-state index in [-0.39, 0.29) is 12.0 Å². The van der Waals surface area contributed by atoms with E-state index in [0.717, 1.165) is 30.7 Å². The fourth-order valence-corrected chi connectivity index (χ4v) is 4.88. The predicted molar refractivity (Wildman–Crippen MR) is 85.5 cm³/mol. The fraction of sp³-hybridized carbons (Fsp3) is 0.625. The Kier molecular flexibility index (Phi) is 5.27. The molecule has 1 aliphatic rings. The Morgan fingerprint density at radius 1 is 1.43 bits per heavy atom. The van der Waals surface area contributed by atoms with Gasteiger partial charge >= 0.3 is 0 Å². The summed E-state index contributed by atoms with van der Waals surface area (Å²) in [6.07, 6.45) is 1.78. The number of benzene rings is 1. The van der Waals surface area contributed by atoms with E-state index < -0.39 is 9.84 Å². The third-order valence-corrected chi connectivity index (χ3v) is 5.96. The van der Waals surface area contributed by atoms with Gasteiger partial charge < -0.3 is 10.1 Å². The molecule has 4 nitrogen and oxygen atoms in total. The van der Waals surface area contributed by atoms with E-state index in [2.05, 4.69) is 25.2 Å². The number of methoxy groups -OCH3 is 1. The number of ether oxygens (including phenoxy) is 1. The van der Waals surface area contributed by atoms with Crippen molar-refractivity contribution in [1.82, 2.24) is 5.32 Å². The zero-order chi connectivity index (χ0) is 15.5. The van der Waals surface area contributed by atoms with E-state index in [9.17, 15) is 8.42 Å². The van der Waals surface area contributed by atoms with Crippen LogP contribution in [0, 0.1) is 12.8 Å². The molecule has 1 aromatic carbocycles. The minimum absolute atomic E-state index is 0.105. The van der Waals surface area contributed by atoms with Crippen LogP contribution >= 0.6 is 0 Å². The van der Waals surface area contributed by atoms with E-state index in [1.54, 1.807) is 7.11 Å². The molecule has 1 aromatic rings. The van der Waals surface area contributed by atoms with Crippen LogP contribution in [-0.4, -0.2) is 33.6 Å². The van der Waals surface area contributed by atoms with Crippen LogP contribution in [0.4, 0.5) is 0 Å². The summed E-state index contributed by atoms with van der Waals surface area (Å²) in [5, 5.41) is 3.54. The summed E-state index contributed by atoms with van der Waals surface area (Å²) in [6.45, 7) is 5.07. The third-order valence-electron chi connectivity index (χ3n) is 4.17. The molecule has 118 valence electrons. The highest BCUT2D eigenvalue weighted by atomic mass is 32.2. The first-order valence-corrected chi connectivity index (χ1v) is 9.37. The van der Waals surface area contributed by atoms with Gasteiger partial charge in [0, 0.05) is 6.04 Å². The highest BCUT2D eigenvalue weighted by Gasteiger charge is 2.34. The van der Waals surface area contributed by atoms with Crippen LogP contribution in [0.15, 0.2) is 18.2 Å². The monoisotopic (exact) mass is 311 g/mol. The number of aryl methyl sites for hydroxylation is 1. The molecule has 21 heavy (non-hydrogen) atoms. The SMILES string of the molecule is CCCNC(c1ccc(OC)cc1C)C1CCS(=O)(=O)C1. The average Bonchev–Trinajstić information content (AvgIpc) is 2.80. The van der Waals surface area contributed by atoms with Crippen LogP contribution in [0.25, 0.3) is 0 Å². The van der Waals surface area contributed by atoms with Crippen molar-refractivity contribution in [3.63, 3.8) is 0 Å². The molecule has 5 heteroatoms. The van der Waals surface area contributed by atoms with Gasteiger partial charge in [-0.25, -0.2) is 8.42 Å². The van der Waals surface area contributed by atoms with E-state index in [4.69, 9.17) is 4.74 Å². The molecule has 0 aromatic heterocycles. The molecule has 0 saturated carbocycles. The quantitative estimate of drug-likeness (QED) is 0.877. The summed E-state index contributed by atoms with van der Waals surface area (Å²) in [4.78, 5) is 0. The summed E-state index contributed by atoms with van der Waals surface area (Å²) in [7, 11) is -1.21. The van der Waals surface area contributed by atoms with Crippen molar-refractivity contribution >= 4 is 9.84 Å². The van der Waals surface area contributed by atoms with Crippen molar-refractivity contribution in [2.75, 3.05) is 25.2 Å². The molecular weight excluding hydrogens is 286 g/mol. The molecule has 2 unspecified atom stereocenters. The zero-order valence-corrected chi connectivity index (χ0v) is 13.9. The minimum Gasteiger partial charge on any atom is -0.497 e. The van der Waals surface area contributed by atoms with Gasteiger partial charge in [-0.1, -0.05) is 13.0 Å². The maximum atomic E-state index is 11.8. The highest BCUT2D eigenvalue weighted by molar-refractivity contribution is 7.91.